The summed E-state index contributed by atoms with van der Waals surface area (Å²) in [4.78, 5) is 30.9. The average Bonchev–Trinajstić information content (AvgIpc) is 3.06. The molecule has 4 heteroatoms. The standard InChI is InChI=1S/C32H32N2O2/c35-31(18-16-27-10-6-7-19-33(27)21-23-8-2-1-3-9-23)25-14-13-24-15-17-30-28-11-4-5-12-29(28)32(36)34(30)22-26(24)20-25/h1-9,11-14,20,27,30H,10,15-19,21-22H2. The van der Waals surface area contributed by atoms with Crippen LogP contribution in [0.2, 0.25) is 0 Å². The summed E-state index contributed by atoms with van der Waals surface area (Å²) < 4.78 is 0. The summed E-state index contributed by atoms with van der Waals surface area (Å²) in [5, 5.41) is 0. The number of Topliss-reactive ketones (excluding diaryl/α,β-unsaturated/α-hetero) is 1. The third kappa shape index (κ3) is 4.42. The van der Waals surface area contributed by atoms with Gasteiger partial charge in [0, 0.05) is 43.2 Å². The van der Waals surface area contributed by atoms with Gasteiger partial charge in [0.05, 0.1) is 6.04 Å². The second-order valence-electron chi connectivity index (χ2n) is 10.3. The number of amides is 1. The number of hydrogen-bond donors (Lipinski definition) is 0. The number of benzene rings is 3. The van der Waals surface area contributed by atoms with Crippen molar-refractivity contribution in [1.29, 1.82) is 0 Å². The third-order valence-corrected chi connectivity index (χ3v) is 8.11. The van der Waals surface area contributed by atoms with E-state index >= 15 is 0 Å². The van der Waals surface area contributed by atoms with Crippen LogP contribution in [-0.2, 0) is 19.5 Å². The largest absolute Gasteiger partial charge is 0.327 e. The summed E-state index contributed by atoms with van der Waals surface area (Å²) in [6, 6.07) is 25.2. The Bertz CT molecular complexity index is 1310. The zero-order valence-corrected chi connectivity index (χ0v) is 20.6. The van der Waals surface area contributed by atoms with Crippen LogP contribution in [-0.4, -0.2) is 34.1 Å². The van der Waals surface area contributed by atoms with E-state index in [0.29, 0.717) is 19.0 Å². The minimum atomic E-state index is 0.115. The van der Waals surface area contributed by atoms with Crippen molar-refractivity contribution in [3.63, 3.8) is 0 Å². The van der Waals surface area contributed by atoms with E-state index < -0.39 is 0 Å². The molecule has 6 rings (SSSR count). The predicted octanol–water partition coefficient (Wildman–Crippen LogP) is 6.12. The molecule has 0 spiro atoms. The Hall–Kier alpha value is -3.50. The van der Waals surface area contributed by atoms with E-state index in [4.69, 9.17) is 0 Å². The van der Waals surface area contributed by atoms with Crippen LogP contribution in [0, 0.1) is 0 Å². The lowest BCUT2D eigenvalue weighted by molar-refractivity contribution is 0.0709. The Kier molecular flexibility index (Phi) is 6.28. The Labute approximate surface area is 213 Å². The van der Waals surface area contributed by atoms with Crippen LogP contribution in [0.5, 0.6) is 0 Å². The molecule has 0 N–H and O–H groups in total. The van der Waals surface area contributed by atoms with E-state index in [0.717, 1.165) is 61.0 Å². The van der Waals surface area contributed by atoms with Crippen LogP contribution in [0.15, 0.2) is 84.9 Å². The number of aryl methyl sites for hydroxylation is 1. The number of carbonyl (C=O) groups excluding carboxylic acids is 2. The second kappa shape index (κ2) is 9.87. The van der Waals surface area contributed by atoms with Crippen molar-refractivity contribution in [3.8, 4) is 0 Å². The van der Waals surface area contributed by atoms with Crippen molar-refractivity contribution in [1.82, 2.24) is 9.80 Å². The maximum absolute atomic E-state index is 13.3. The molecular formula is C32H32N2O2. The topological polar surface area (TPSA) is 40.6 Å². The minimum absolute atomic E-state index is 0.115. The number of ketones is 1. The van der Waals surface area contributed by atoms with Crippen molar-refractivity contribution in [2.75, 3.05) is 6.54 Å². The van der Waals surface area contributed by atoms with E-state index in [2.05, 4.69) is 65.6 Å². The quantitative estimate of drug-likeness (QED) is 0.318. The fraction of sp³-hybridized carbons (Fsp3) is 0.312. The molecule has 0 saturated heterocycles. The molecule has 1 amide bonds. The van der Waals surface area contributed by atoms with Crippen LogP contribution in [0.1, 0.15) is 74.7 Å². The highest BCUT2D eigenvalue weighted by Crippen LogP contribution is 2.40. The van der Waals surface area contributed by atoms with Gasteiger partial charge in [-0.1, -0.05) is 72.8 Å². The summed E-state index contributed by atoms with van der Waals surface area (Å²) in [5.74, 6) is 0.313. The first-order valence-electron chi connectivity index (χ1n) is 13.2. The fourth-order valence-corrected chi connectivity index (χ4v) is 6.12. The van der Waals surface area contributed by atoms with E-state index in [1.165, 1.54) is 11.1 Å². The molecule has 0 aromatic heterocycles. The second-order valence-corrected chi connectivity index (χ2v) is 10.3. The fourth-order valence-electron chi connectivity index (χ4n) is 6.12. The summed E-state index contributed by atoms with van der Waals surface area (Å²) in [7, 11) is 0. The first-order valence-corrected chi connectivity index (χ1v) is 13.2. The normalized spacial score (nSPS) is 21.0. The minimum Gasteiger partial charge on any atom is -0.327 e. The molecule has 3 aromatic carbocycles. The van der Waals surface area contributed by atoms with Crippen LogP contribution in [0.3, 0.4) is 0 Å². The molecule has 4 nitrogen and oxygen atoms in total. The van der Waals surface area contributed by atoms with Gasteiger partial charge in [-0.15, -0.1) is 0 Å². The molecule has 182 valence electrons. The molecule has 36 heavy (non-hydrogen) atoms. The highest BCUT2D eigenvalue weighted by molar-refractivity contribution is 5.99. The van der Waals surface area contributed by atoms with E-state index in [-0.39, 0.29) is 17.7 Å². The number of fused-ring (bicyclic) bond motifs is 4. The van der Waals surface area contributed by atoms with Crippen molar-refractivity contribution in [2.24, 2.45) is 0 Å². The zero-order valence-electron chi connectivity index (χ0n) is 20.6. The Morgan fingerprint density at radius 1 is 0.917 bits per heavy atom. The van der Waals surface area contributed by atoms with E-state index in [1.54, 1.807) is 0 Å². The van der Waals surface area contributed by atoms with Gasteiger partial charge in [0.2, 0.25) is 0 Å². The van der Waals surface area contributed by atoms with Crippen molar-refractivity contribution in [3.05, 3.63) is 118 Å². The van der Waals surface area contributed by atoms with Gasteiger partial charge < -0.3 is 4.90 Å². The Morgan fingerprint density at radius 2 is 1.75 bits per heavy atom. The van der Waals surface area contributed by atoms with E-state index in [9.17, 15) is 9.59 Å². The van der Waals surface area contributed by atoms with Gasteiger partial charge in [-0.3, -0.25) is 14.5 Å². The summed E-state index contributed by atoms with van der Waals surface area (Å²) >= 11 is 0. The molecule has 3 aliphatic heterocycles. The molecule has 3 heterocycles. The highest BCUT2D eigenvalue weighted by Gasteiger charge is 2.37. The lowest BCUT2D eigenvalue weighted by Gasteiger charge is -2.33. The van der Waals surface area contributed by atoms with Crippen molar-refractivity contribution < 1.29 is 9.59 Å². The Morgan fingerprint density at radius 3 is 2.64 bits per heavy atom. The molecule has 0 saturated carbocycles. The SMILES string of the molecule is O=C(CCC1CC=CCN1Cc1ccccc1)c1ccc2c(c1)CN1C(=O)c3ccccc3C1CC2. The summed E-state index contributed by atoms with van der Waals surface area (Å²) in [5.41, 5.74) is 6.45. The lowest BCUT2D eigenvalue weighted by Crippen LogP contribution is -2.37. The van der Waals surface area contributed by atoms with Crippen LogP contribution in [0.25, 0.3) is 0 Å². The first kappa shape index (κ1) is 22.9. The van der Waals surface area contributed by atoms with Crippen molar-refractivity contribution in [2.45, 2.75) is 57.3 Å². The number of hydrogen-bond acceptors (Lipinski definition) is 3. The molecule has 3 aliphatic rings. The van der Waals surface area contributed by atoms with Crippen molar-refractivity contribution >= 4 is 11.7 Å². The van der Waals surface area contributed by atoms with Crippen LogP contribution < -0.4 is 0 Å². The maximum Gasteiger partial charge on any atom is 0.255 e. The molecule has 3 aromatic rings. The summed E-state index contributed by atoms with van der Waals surface area (Å²) in [6.07, 6.45) is 8.72. The van der Waals surface area contributed by atoms with Gasteiger partial charge in [0.15, 0.2) is 5.78 Å². The number of carbonyl (C=O) groups is 2. The van der Waals surface area contributed by atoms with Gasteiger partial charge in [-0.25, -0.2) is 0 Å². The number of rotatable bonds is 6. The van der Waals surface area contributed by atoms with E-state index in [1.807, 2.05) is 29.2 Å². The molecular weight excluding hydrogens is 444 g/mol. The van der Waals surface area contributed by atoms with Gasteiger partial charge in [-0.05, 0) is 60.1 Å². The zero-order chi connectivity index (χ0) is 24.5. The lowest BCUT2D eigenvalue weighted by atomic mass is 9.94. The van der Waals surface area contributed by atoms with Crippen LogP contribution in [0.4, 0.5) is 0 Å². The third-order valence-electron chi connectivity index (χ3n) is 8.11. The molecule has 0 bridgehead atoms. The maximum atomic E-state index is 13.3. The molecule has 2 atom stereocenters. The molecule has 2 unspecified atom stereocenters. The molecule has 0 radical (unpaired) electrons. The average molecular weight is 477 g/mol. The predicted molar refractivity (Wildman–Crippen MR) is 142 cm³/mol. The van der Waals surface area contributed by atoms with Gasteiger partial charge >= 0.3 is 0 Å². The first-order chi connectivity index (χ1) is 17.7. The monoisotopic (exact) mass is 476 g/mol. The van der Waals surface area contributed by atoms with Gasteiger partial charge in [0.1, 0.15) is 0 Å². The summed E-state index contributed by atoms with van der Waals surface area (Å²) in [6.45, 7) is 2.42. The molecule has 0 fully saturated rings. The van der Waals surface area contributed by atoms with Crippen LogP contribution >= 0.6 is 0 Å². The van der Waals surface area contributed by atoms with Gasteiger partial charge in [0.25, 0.3) is 5.91 Å². The highest BCUT2D eigenvalue weighted by atomic mass is 16.2. The molecule has 0 aliphatic carbocycles. The smallest absolute Gasteiger partial charge is 0.255 e. The Balaban J connectivity index is 1.14. The number of nitrogens with zero attached hydrogens (tertiary/aromatic N) is 2. The van der Waals surface area contributed by atoms with Gasteiger partial charge in [-0.2, -0.15) is 0 Å².